The number of nitrogens with one attached hydrogen (secondary N) is 1. The van der Waals surface area contributed by atoms with Crippen molar-refractivity contribution >= 4 is 17.2 Å². The predicted octanol–water partition coefficient (Wildman–Crippen LogP) is 3.87. The first kappa shape index (κ1) is 16.0. The quantitative estimate of drug-likeness (QED) is 0.740. The van der Waals surface area contributed by atoms with Crippen molar-refractivity contribution < 1.29 is 18.0 Å². The maximum Gasteiger partial charge on any atom is 0.257 e. The van der Waals surface area contributed by atoms with Gasteiger partial charge in [-0.15, -0.1) is 0 Å². The SMILES string of the molecule is CCc1nc2ccc(C(=O)Nc3ccc(F)c(F)c3F)cn2c1C. The van der Waals surface area contributed by atoms with Crippen LogP contribution in [-0.2, 0) is 6.42 Å². The van der Waals surface area contributed by atoms with Crippen LogP contribution in [0.4, 0.5) is 18.9 Å². The first-order chi connectivity index (χ1) is 11.4. The molecule has 0 aliphatic heterocycles. The Hall–Kier alpha value is -2.83. The van der Waals surface area contributed by atoms with Crippen LogP contribution in [0.1, 0.15) is 28.7 Å². The van der Waals surface area contributed by atoms with Crippen LogP contribution in [0.15, 0.2) is 30.5 Å². The average Bonchev–Trinajstić information content (AvgIpc) is 2.91. The Balaban J connectivity index is 1.94. The van der Waals surface area contributed by atoms with Crippen molar-refractivity contribution in [1.29, 1.82) is 0 Å². The van der Waals surface area contributed by atoms with Crippen LogP contribution in [-0.4, -0.2) is 15.3 Å². The van der Waals surface area contributed by atoms with Gasteiger partial charge in [-0.05, 0) is 37.6 Å². The molecule has 2 heterocycles. The second kappa shape index (κ2) is 5.99. The van der Waals surface area contributed by atoms with E-state index >= 15 is 0 Å². The smallest absolute Gasteiger partial charge is 0.257 e. The molecule has 0 spiro atoms. The summed E-state index contributed by atoms with van der Waals surface area (Å²) in [7, 11) is 0. The number of carbonyl (C=O) groups excluding carboxylic acids is 1. The fourth-order valence-electron chi connectivity index (χ4n) is 2.50. The summed E-state index contributed by atoms with van der Waals surface area (Å²) in [5.74, 6) is -5.00. The molecular weight excluding hydrogens is 319 g/mol. The summed E-state index contributed by atoms with van der Waals surface area (Å²) in [6.07, 6.45) is 2.33. The Labute approximate surface area is 135 Å². The van der Waals surface area contributed by atoms with Crippen LogP contribution in [0, 0.1) is 24.4 Å². The lowest BCUT2D eigenvalue weighted by Crippen LogP contribution is -2.14. The molecule has 24 heavy (non-hydrogen) atoms. The van der Waals surface area contributed by atoms with E-state index in [-0.39, 0.29) is 5.56 Å². The zero-order valence-electron chi connectivity index (χ0n) is 13.0. The van der Waals surface area contributed by atoms with E-state index in [0.29, 0.717) is 5.65 Å². The lowest BCUT2D eigenvalue weighted by Gasteiger charge is -2.08. The molecule has 3 rings (SSSR count). The number of anilines is 1. The number of halogens is 3. The van der Waals surface area contributed by atoms with Gasteiger partial charge in [0.1, 0.15) is 5.65 Å². The van der Waals surface area contributed by atoms with Gasteiger partial charge in [0.15, 0.2) is 17.5 Å². The highest BCUT2D eigenvalue weighted by molar-refractivity contribution is 6.04. The van der Waals surface area contributed by atoms with Crippen LogP contribution >= 0.6 is 0 Å². The van der Waals surface area contributed by atoms with Crippen molar-refractivity contribution in [2.45, 2.75) is 20.3 Å². The second-order valence-corrected chi connectivity index (χ2v) is 5.32. The van der Waals surface area contributed by atoms with Crippen LogP contribution in [0.25, 0.3) is 5.65 Å². The van der Waals surface area contributed by atoms with Gasteiger partial charge in [-0.1, -0.05) is 6.92 Å². The third-order valence-electron chi connectivity index (χ3n) is 3.84. The van der Waals surface area contributed by atoms with Crippen molar-refractivity contribution in [2.75, 3.05) is 5.32 Å². The van der Waals surface area contributed by atoms with E-state index in [4.69, 9.17) is 0 Å². The summed E-state index contributed by atoms with van der Waals surface area (Å²) in [5.41, 5.74) is 2.34. The summed E-state index contributed by atoms with van der Waals surface area (Å²) < 4.78 is 41.6. The Morgan fingerprint density at radius 1 is 1.17 bits per heavy atom. The van der Waals surface area contributed by atoms with Gasteiger partial charge < -0.3 is 9.72 Å². The largest absolute Gasteiger partial charge is 0.319 e. The first-order valence-electron chi connectivity index (χ1n) is 7.34. The third kappa shape index (κ3) is 2.62. The van der Waals surface area contributed by atoms with Gasteiger partial charge >= 0.3 is 0 Å². The maximum absolute atomic E-state index is 13.7. The minimum atomic E-state index is -1.62. The van der Waals surface area contributed by atoms with E-state index in [2.05, 4.69) is 10.3 Å². The predicted molar refractivity (Wildman–Crippen MR) is 83.6 cm³/mol. The molecule has 0 bridgehead atoms. The summed E-state index contributed by atoms with van der Waals surface area (Å²) in [5, 5.41) is 2.25. The van der Waals surface area contributed by atoms with Crippen molar-refractivity contribution in [3.05, 3.63) is 64.9 Å². The van der Waals surface area contributed by atoms with E-state index in [0.717, 1.165) is 29.9 Å². The lowest BCUT2D eigenvalue weighted by atomic mass is 10.2. The molecule has 1 aromatic carbocycles. The van der Waals surface area contributed by atoms with Crippen molar-refractivity contribution in [3.63, 3.8) is 0 Å². The molecule has 0 atom stereocenters. The zero-order valence-corrected chi connectivity index (χ0v) is 13.0. The van der Waals surface area contributed by atoms with E-state index in [9.17, 15) is 18.0 Å². The monoisotopic (exact) mass is 333 g/mol. The fraction of sp³-hybridized carbons (Fsp3) is 0.176. The average molecular weight is 333 g/mol. The number of benzene rings is 1. The first-order valence-corrected chi connectivity index (χ1v) is 7.34. The molecule has 4 nitrogen and oxygen atoms in total. The summed E-state index contributed by atoms with van der Waals surface area (Å²) in [4.78, 5) is 16.7. The minimum Gasteiger partial charge on any atom is -0.319 e. The van der Waals surface area contributed by atoms with Gasteiger partial charge in [0, 0.05) is 11.9 Å². The minimum absolute atomic E-state index is 0.245. The normalized spacial score (nSPS) is 11.0. The molecule has 1 amide bonds. The summed E-state index contributed by atoms with van der Waals surface area (Å²) >= 11 is 0. The number of pyridine rings is 1. The Bertz CT molecular complexity index is 950. The van der Waals surface area contributed by atoms with Gasteiger partial charge in [0.05, 0.1) is 16.9 Å². The highest BCUT2D eigenvalue weighted by Crippen LogP contribution is 2.21. The van der Waals surface area contributed by atoms with E-state index in [1.54, 1.807) is 16.7 Å². The molecule has 124 valence electrons. The Morgan fingerprint density at radius 2 is 1.92 bits per heavy atom. The summed E-state index contributed by atoms with van der Waals surface area (Å²) in [6.45, 7) is 3.86. The number of hydrogen-bond acceptors (Lipinski definition) is 2. The topological polar surface area (TPSA) is 46.4 Å². The number of amides is 1. The van der Waals surface area contributed by atoms with Crippen LogP contribution < -0.4 is 5.32 Å². The molecule has 1 N–H and O–H groups in total. The fourth-order valence-corrected chi connectivity index (χ4v) is 2.50. The summed E-state index contributed by atoms with van der Waals surface area (Å²) in [6, 6.07) is 4.93. The molecule has 0 radical (unpaired) electrons. The van der Waals surface area contributed by atoms with E-state index in [1.807, 2.05) is 13.8 Å². The molecule has 0 unspecified atom stereocenters. The van der Waals surface area contributed by atoms with Gasteiger partial charge in [0.25, 0.3) is 5.91 Å². The molecule has 0 saturated carbocycles. The molecule has 7 heteroatoms. The van der Waals surface area contributed by atoms with Gasteiger partial charge in [-0.2, -0.15) is 0 Å². The van der Waals surface area contributed by atoms with Crippen molar-refractivity contribution in [3.8, 4) is 0 Å². The number of fused-ring (bicyclic) bond motifs is 1. The Kier molecular flexibility index (Phi) is 4.01. The van der Waals surface area contributed by atoms with Crippen LogP contribution in [0.2, 0.25) is 0 Å². The lowest BCUT2D eigenvalue weighted by molar-refractivity contribution is 0.102. The number of imidazole rings is 1. The molecule has 0 aliphatic rings. The van der Waals surface area contributed by atoms with Crippen LogP contribution in [0.3, 0.4) is 0 Å². The molecule has 0 aliphatic carbocycles. The molecular formula is C17H14F3N3O. The standard InChI is InChI=1S/C17H14F3N3O/c1-3-12-9(2)23-8-10(4-7-14(23)21-12)17(24)22-13-6-5-11(18)15(19)16(13)20/h4-8H,3H2,1-2H3,(H,22,24). The number of hydrogen-bond donors (Lipinski definition) is 1. The van der Waals surface area contributed by atoms with E-state index < -0.39 is 29.0 Å². The van der Waals surface area contributed by atoms with Gasteiger partial charge in [-0.25, -0.2) is 18.2 Å². The molecule has 3 aromatic rings. The third-order valence-corrected chi connectivity index (χ3v) is 3.84. The van der Waals surface area contributed by atoms with E-state index in [1.165, 1.54) is 6.07 Å². The van der Waals surface area contributed by atoms with Crippen molar-refractivity contribution in [1.82, 2.24) is 9.38 Å². The number of aromatic nitrogens is 2. The zero-order chi connectivity index (χ0) is 17.4. The van der Waals surface area contributed by atoms with Crippen molar-refractivity contribution in [2.24, 2.45) is 0 Å². The number of rotatable bonds is 3. The maximum atomic E-state index is 13.7. The van der Waals surface area contributed by atoms with Crippen LogP contribution in [0.5, 0.6) is 0 Å². The second-order valence-electron chi connectivity index (χ2n) is 5.32. The molecule has 2 aromatic heterocycles. The molecule has 0 fully saturated rings. The van der Waals surface area contributed by atoms with Gasteiger partial charge in [-0.3, -0.25) is 4.79 Å². The number of carbonyl (C=O) groups is 1. The highest BCUT2D eigenvalue weighted by Gasteiger charge is 2.17. The number of nitrogens with zero attached hydrogens (tertiary/aromatic N) is 2. The number of aryl methyl sites for hydroxylation is 2. The van der Waals surface area contributed by atoms with Gasteiger partial charge in [0.2, 0.25) is 0 Å². The Morgan fingerprint density at radius 3 is 2.62 bits per heavy atom. The molecule has 0 saturated heterocycles. The highest BCUT2D eigenvalue weighted by atomic mass is 19.2.